The third kappa shape index (κ3) is 1.06. The van der Waals surface area contributed by atoms with Gasteiger partial charge in [-0.1, -0.05) is 23.4 Å². The monoisotopic (exact) mass is 222 g/mol. The lowest BCUT2D eigenvalue weighted by atomic mass is 10.9. The fourth-order valence-corrected chi connectivity index (χ4v) is 45.2. The SMILES string of the molecule is CS[Si]1(C)C([SiH3])C([SiH3])[SiH]1C. The minimum absolute atomic E-state index is 0.153. The van der Waals surface area contributed by atoms with Crippen LogP contribution in [0.5, 0.6) is 0 Å². The summed E-state index contributed by atoms with van der Waals surface area (Å²) in [6.45, 7) is 4.70. The van der Waals surface area contributed by atoms with E-state index < -0.39 is 6.74 Å². The van der Waals surface area contributed by atoms with E-state index in [1.165, 1.54) is 30.8 Å². The molecule has 0 N–H and O–H groups in total. The Labute approximate surface area is 76.4 Å². The molecule has 1 fully saturated rings. The smallest absolute Gasteiger partial charge is 0.101 e. The highest BCUT2D eigenvalue weighted by molar-refractivity contribution is 8.35. The maximum absolute atomic E-state index is 2.65. The first-order valence-corrected chi connectivity index (χ1v) is 14.6. The van der Waals surface area contributed by atoms with Crippen LogP contribution in [0.4, 0.5) is 0 Å². The van der Waals surface area contributed by atoms with Crippen molar-refractivity contribution in [1.29, 1.82) is 0 Å². The highest BCUT2D eigenvalue weighted by Gasteiger charge is 2.54. The van der Waals surface area contributed by atoms with Gasteiger partial charge in [-0.3, -0.25) is 0 Å². The zero-order valence-corrected chi connectivity index (χ0v) is 14.6. The maximum atomic E-state index is 2.65. The average Bonchev–Trinajstić information content (AvgIpc) is 2.00. The first-order valence-electron chi connectivity index (χ1n) is 4.09. The zero-order chi connectivity index (χ0) is 7.94. The van der Waals surface area contributed by atoms with Gasteiger partial charge in [0.2, 0.25) is 0 Å². The normalized spacial score (nSPS) is 54.9. The summed E-state index contributed by atoms with van der Waals surface area (Å²) in [5.41, 5.74) is 0. The number of rotatable bonds is 1. The second kappa shape index (κ2) is 2.93. The number of hydrogen-bond donors (Lipinski definition) is 0. The van der Waals surface area contributed by atoms with Crippen LogP contribution in [0, 0.1) is 0 Å². The van der Waals surface area contributed by atoms with Crippen LogP contribution >= 0.6 is 11.2 Å². The van der Waals surface area contributed by atoms with Crippen molar-refractivity contribution < 1.29 is 0 Å². The Morgan fingerprint density at radius 2 is 2.00 bits per heavy atom. The van der Waals surface area contributed by atoms with E-state index in [1.54, 1.807) is 0 Å². The van der Waals surface area contributed by atoms with E-state index in [0.717, 1.165) is 0 Å². The molecule has 4 unspecified atom stereocenters. The molecule has 1 rings (SSSR count). The summed E-state index contributed by atoms with van der Waals surface area (Å²) in [5.74, 6) is 0. The fourth-order valence-electron chi connectivity index (χ4n) is 2.14. The molecule has 1 saturated heterocycles. The van der Waals surface area contributed by atoms with Crippen LogP contribution in [0.15, 0.2) is 0 Å². The molecule has 0 spiro atoms. The summed E-state index contributed by atoms with van der Waals surface area (Å²) in [6, 6.07) is 0. The van der Waals surface area contributed by atoms with Crippen molar-refractivity contribution in [1.82, 2.24) is 0 Å². The van der Waals surface area contributed by atoms with Gasteiger partial charge in [0.05, 0.1) is 0 Å². The molecule has 1 heterocycles. The fraction of sp³-hybridized carbons (Fsp3) is 1.00. The van der Waals surface area contributed by atoms with Crippen LogP contribution in [0.25, 0.3) is 0 Å². The van der Waals surface area contributed by atoms with Crippen molar-refractivity contribution >= 4 is 46.8 Å². The summed E-state index contributed by atoms with van der Waals surface area (Å²) in [5, 5.41) is 2.63. The Hall–Kier alpha value is 1.22. The van der Waals surface area contributed by atoms with Crippen molar-refractivity contribution in [2.75, 3.05) is 6.26 Å². The van der Waals surface area contributed by atoms with Gasteiger partial charge in [-0.2, -0.15) is 11.2 Å². The molecule has 0 aromatic carbocycles. The Morgan fingerprint density at radius 3 is 2.20 bits per heavy atom. The minimum atomic E-state index is -0.589. The van der Waals surface area contributed by atoms with Gasteiger partial charge >= 0.3 is 0 Å². The topological polar surface area (TPSA) is 0 Å². The molecule has 10 heavy (non-hydrogen) atoms. The molecule has 0 aliphatic carbocycles. The molecule has 1 aliphatic heterocycles. The first kappa shape index (κ1) is 9.31. The van der Waals surface area contributed by atoms with E-state index in [2.05, 4.69) is 30.6 Å². The summed E-state index contributed by atoms with van der Waals surface area (Å²) >= 11 is 2.29. The quantitative estimate of drug-likeness (QED) is 0.527. The molecule has 4 atom stereocenters. The van der Waals surface area contributed by atoms with Crippen molar-refractivity contribution in [3.63, 3.8) is 0 Å². The van der Waals surface area contributed by atoms with Crippen LogP contribution in [0.1, 0.15) is 0 Å². The lowest BCUT2D eigenvalue weighted by Crippen LogP contribution is -2.63. The minimum Gasteiger partial charge on any atom is -0.192 e. The molecule has 0 bridgehead atoms. The summed E-state index contributed by atoms with van der Waals surface area (Å²) in [4.78, 5) is 0. The molecule has 0 aromatic rings. The maximum Gasteiger partial charge on any atom is 0.101 e. The van der Waals surface area contributed by atoms with E-state index >= 15 is 0 Å². The Balaban J connectivity index is 2.64. The van der Waals surface area contributed by atoms with Crippen LogP contribution in [0.2, 0.25) is 23.4 Å². The molecule has 0 amide bonds. The van der Waals surface area contributed by atoms with Crippen molar-refractivity contribution in [2.24, 2.45) is 0 Å². The van der Waals surface area contributed by atoms with E-state index in [4.69, 9.17) is 0 Å². The lowest BCUT2D eigenvalue weighted by Gasteiger charge is -2.53. The second-order valence-corrected chi connectivity index (χ2v) is 26.7. The molecule has 0 saturated carbocycles. The predicted octanol–water partition coefficient (Wildman–Crippen LogP) is -0.740. The zero-order valence-electron chi connectivity index (χ0n) is 7.64. The molecular weight excluding hydrogens is 204 g/mol. The van der Waals surface area contributed by atoms with Gasteiger partial charge in [0, 0.05) is 28.8 Å². The predicted molar refractivity (Wildman–Crippen MR) is 65.5 cm³/mol. The highest BCUT2D eigenvalue weighted by Crippen LogP contribution is 2.51. The molecule has 1 aliphatic rings. The van der Waals surface area contributed by atoms with Crippen molar-refractivity contribution in [2.45, 2.75) is 23.4 Å². The third-order valence-electron chi connectivity index (χ3n) is 3.83. The van der Waals surface area contributed by atoms with Crippen molar-refractivity contribution in [3.8, 4) is 0 Å². The van der Waals surface area contributed by atoms with E-state index in [1.807, 2.05) is 0 Å². The third-order valence-corrected chi connectivity index (χ3v) is 45.9. The highest BCUT2D eigenvalue weighted by atomic mass is 32.4. The molecular formula is C5H18SSi4. The standard InChI is InChI=1S/C5H18SSi4/c1-6-10(3)5(8)4(7)9(10)2/h4-5,9H,1-3,7-8H3. The molecule has 0 aromatic heterocycles. The molecule has 60 valence electrons. The van der Waals surface area contributed by atoms with Crippen LogP contribution in [0.3, 0.4) is 0 Å². The van der Waals surface area contributed by atoms with Gasteiger partial charge in [-0.05, 0) is 6.26 Å². The van der Waals surface area contributed by atoms with Gasteiger partial charge in [0.1, 0.15) is 6.74 Å². The summed E-state index contributed by atoms with van der Waals surface area (Å²) < 4.78 is 0. The van der Waals surface area contributed by atoms with Crippen LogP contribution in [-0.2, 0) is 0 Å². The average molecular weight is 223 g/mol. The Kier molecular flexibility index (Phi) is 2.73. The lowest BCUT2D eigenvalue weighted by molar-refractivity contribution is 1.13. The van der Waals surface area contributed by atoms with Crippen LogP contribution in [-0.4, -0.2) is 41.8 Å². The Morgan fingerprint density at radius 1 is 1.50 bits per heavy atom. The summed E-state index contributed by atoms with van der Waals surface area (Å²) in [7, 11) is 2.87. The molecule has 0 radical (unpaired) electrons. The second-order valence-electron chi connectivity index (χ2n) is 3.82. The molecule has 5 heteroatoms. The van der Waals surface area contributed by atoms with Crippen molar-refractivity contribution in [3.05, 3.63) is 0 Å². The van der Waals surface area contributed by atoms with Gasteiger partial charge in [-0.15, -0.1) is 0 Å². The van der Waals surface area contributed by atoms with Gasteiger partial charge < -0.3 is 0 Å². The van der Waals surface area contributed by atoms with Gasteiger partial charge in [-0.25, -0.2) is 0 Å². The van der Waals surface area contributed by atoms with Gasteiger partial charge in [0.25, 0.3) is 0 Å². The van der Waals surface area contributed by atoms with Crippen LogP contribution < -0.4 is 0 Å². The molecule has 0 nitrogen and oxygen atoms in total. The Bertz CT molecular complexity index is 130. The van der Waals surface area contributed by atoms with E-state index in [0.29, 0.717) is 0 Å². The van der Waals surface area contributed by atoms with E-state index in [9.17, 15) is 0 Å². The largest absolute Gasteiger partial charge is 0.192 e. The number of hydrogen-bond acceptors (Lipinski definition) is 1. The first-order chi connectivity index (χ1) is 4.54. The van der Waals surface area contributed by atoms with E-state index in [-0.39, 0.29) is 8.31 Å². The van der Waals surface area contributed by atoms with Gasteiger partial charge in [0.15, 0.2) is 0 Å². The summed E-state index contributed by atoms with van der Waals surface area (Å²) in [6.07, 6.45) is 2.37.